The van der Waals surface area contributed by atoms with Gasteiger partial charge in [0.15, 0.2) is 0 Å². The molecule has 3 rings (SSSR count). The molecule has 1 amide bonds. The van der Waals surface area contributed by atoms with Gasteiger partial charge in [0.1, 0.15) is 11.6 Å². The van der Waals surface area contributed by atoms with Gasteiger partial charge in [0.25, 0.3) is 0 Å². The predicted octanol–water partition coefficient (Wildman–Crippen LogP) is 2.92. The summed E-state index contributed by atoms with van der Waals surface area (Å²) in [7, 11) is 0. The Bertz CT molecular complexity index is 831. The Morgan fingerprint density at radius 3 is 2.46 bits per heavy atom. The number of aromatic nitrogens is 4. The van der Waals surface area contributed by atoms with Gasteiger partial charge < -0.3 is 10.6 Å². The van der Waals surface area contributed by atoms with E-state index >= 15 is 0 Å². The van der Waals surface area contributed by atoms with Crippen LogP contribution in [-0.4, -0.2) is 43.6 Å². The van der Waals surface area contributed by atoms with Gasteiger partial charge in [0.2, 0.25) is 5.91 Å². The fourth-order valence-electron chi connectivity index (χ4n) is 4.08. The Kier molecular flexibility index (Phi) is 6.01. The van der Waals surface area contributed by atoms with Crippen LogP contribution in [0, 0.1) is 33.6 Å². The monoisotopic (exact) mass is 384 g/mol. The van der Waals surface area contributed by atoms with Crippen LogP contribution in [0.2, 0.25) is 0 Å². The lowest BCUT2D eigenvalue weighted by Crippen LogP contribution is -2.39. The molecule has 0 saturated carbocycles. The highest BCUT2D eigenvalue weighted by Crippen LogP contribution is 2.24. The van der Waals surface area contributed by atoms with Crippen LogP contribution in [0.25, 0.3) is 0 Å². The smallest absolute Gasteiger partial charge is 0.224 e. The largest absolute Gasteiger partial charge is 0.384 e. The van der Waals surface area contributed by atoms with Crippen molar-refractivity contribution in [2.24, 2.45) is 5.92 Å². The maximum absolute atomic E-state index is 12.8. The summed E-state index contributed by atoms with van der Waals surface area (Å²) in [4.78, 5) is 23.4. The molecule has 1 fully saturated rings. The number of hydrogen-bond donors (Lipinski definition) is 1. The van der Waals surface area contributed by atoms with Gasteiger partial charge >= 0.3 is 0 Å². The summed E-state index contributed by atoms with van der Waals surface area (Å²) in [5, 5.41) is 4.60. The molecule has 7 heteroatoms. The summed E-state index contributed by atoms with van der Waals surface area (Å²) < 4.78 is 2.00. The molecule has 2 aromatic heterocycles. The summed E-state index contributed by atoms with van der Waals surface area (Å²) in [5.41, 5.74) is 10.2. The first-order chi connectivity index (χ1) is 13.2. The Balaban J connectivity index is 1.52. The van der Waals surface area contributed by atoms with Gasteiger partial charge in [-0.15, -0.1) is 0 Å². The van der Waals surface area contributed by atoms with E-state index in [-0.39, 0.29) is 11.9 Å². The van der Waals surface area contributed by atoms with Crippen LogP contribution in [0.5, 0.6) is 0 Å². The first-order valence-corrected chi connectivity index (χ1v) is 10.1. The zero-order valence-corrected chi connectivity index (χ0v) is 17.7. The molecule has 1 unspecified atom stereocenters. The molecule has 1 atom stereocenters. The van der Waals surface area contributed by atoms with Gasteiger partial charge in [-0.3, -0.25) is 9.48 Å². The molecule has 1 aliphatic rings. The van der Waals surface area contributed by atoms with Crippen LogP contribution < -0.4 is 5.73 Å². The average Bonchev–Trinajstić information content (AvgIpc) is 2.89. The van der Waals surface area contributed by atoms with Crippen LogP contribution in [0.4, 0.5) is 5.82 Å². The minimum absolute atomic E-state index is 0.0737. The van der Waals surface area contributed by atoms with Gasteiger partial charge in [0, 0.05) is 37.0 Å². The van der Waals surface area contributed by atoms with E-state index in [0.717, 1.165) is 55.3 Å². The molecule has 7 nitrogen and oxygen atoms in total. The minimum Gasteiger partial charge on any atom is -0.384 e. The Hall–Kier alpha value is -2.44. The molecule has 0 spiro atoms. The van der Waals surface area contributed by atoms with Crippen LogP contribution in [0.15, 0.2) is 6.07 Å². The molecule has 3 heterocycles. The number of hydrogen-bond acceptors (Lipinski definition) is 5. The van der Waals surface area contributed by atoms with Crippen LogP contribution in [0.1, 0.15) is 60.7 Å². The summed E-state index contributed by atoms with van der Waals surface area (Å²) in [6, 6.07) is 1.94. The normalized spacial score (nSPS) is 16.4. The van der Waals surface area contributed by atoms with Gasteiger partial charge in [-0.1, -0.05) is 0 Å². The Morgan fingerprint density at radius 2 is 1.89 bits per heavy atom. The SMILES string of the molecule is Cc1nc(N)cc(CC2CCN(C(=O)CC(C)n3nc(C)c(C)c3C)CC2)n1. The second kappa shape index (κ2) is 8.29. The summed E-state index contributed by atoms with van der Waals surface area (Å²) in [6.45, 7) is 11.7. The molecular weight excluding hydrogens is 352 g/mol. The highest BCUT2D eigenvalue weighted by molar-refractivity contribution is 5.76. The van der Waals surface area contributed by atoms with E-state index < -0.39 is 0 Å². The third kappa shape index (κ3) is 4.51. The first kappa shape index (κ1) is 20.3. The zero-order chi connectivity index (χ0) is 20.4. The highest BCUT2D eigenvalue weighted by atomic mass is 16.2. The number of rotatable bonds is 5. The molecular formula is C21H32N6O. The standard InChI is InChI=1S/C21H32N6O/c1-13(27-16(4)14(2)15(3)25-27)10-21(28)26-8-6-18(7-9-26)11-19-12-20(22)24-17(5)23-19/h12-13,18H,6-11H2,1-5H3,(H2,22,23,24). The molecule has 0 aliphatic carbocycles. The predicted molar refractivity (Wildman–Crippen MR) is 110 cm³/mol. The fraction of sp³-hybridized carbons (Fsp3) is 0.619. The third-order valence-electron chi connectivity index (χ3n) is 5.95. The van der Waals surface area contributed by atoms with Crippen molar-refractivity contribution in [1.82, 2.24) is 24.6 Å². The molecule has 0 radical (unpaired) electrons. The summed E-state index contributed by atoms with van der Waals surface area (Å²) in [5.74, 6) is 2.01. The van der Waals surface area contributed by atoms with Gasteiger partial charge in [-0.2, -0.15) is 5.10 Å². The van der Waals surface area contributed by atoms with E-state index in [1.165, 1.54) is 5.56 Å². The molecule has 1 aliphatic heterocycles. The average molecular weight is 385 g/mol. The maximum atomic E-state index is 12.8. The lowest BCUT2D eigenvalue weighted by atomic mass is 9.91. The number of anilines is 1. The van der Waals surface area contributed by atoms with Crippen LogP contribution in [0.3, 0.4) is 0 Å². The van der Waals surface area contributed by atoms with E-state index in [1.54, 1.807) is 0 Å². The second-order valence-corrected chi connectivity index (χ2v) is 8.15. The number of nitrogens with zero attached hydrogens (tertiary/aromatic N) is 5. The Morgan fingerprint density at radius 1 is 1.21 bits per heavy atom. The molecule has 28 heavy (non-hydrogen) atoms. The second-order valence-electron chi connectivity index (χ2n) is 8.15. The molecule has 2 N–H and O–H groups in total. The summed E-state index contributed by atoms with van der Waals surface area (Å²) in [6.07, 6.45) is 3.40. The number of nitrogen functional groups attached to an aromatic ring is 1. The molecule has 0 aromatic carbocycles. The quantitative estimate of drug-likeness (QED) is 0.856. The van der Waals surface area contributed by atoms with Crippen molar-refractivity contribution in [3.05, 3.63) is 34.5 Å². The van der Waals surface area contributed by atoms with Crippen molar-refractivity contribution >= 4 is 11.7 Å². The van der Waals surface area contributed by atoms with Gasteiger partial charge in [-0.05, 0) is 65.4 Å². The van der Waals surface area contributed by atoms with Crippen molar-refractivity contribution in [3.8, 4) is 0 Å². The fourth-order valence-corrected chi connectivity index (χ4v) is 4.08. The van der Waals surface area contributed by atoms with Crippen LogP contribution >= 0.6 is 0 Å². The molecule has 0 bridgehead atoms. The van der Waals surface area contributed by atoms with E-state index in [4.69, 9.17) is 5.73 Å². The van der Waals surface area contributed by atoms with E-state index in [2.05, 4.69) is 35.8 Å². The van der Waals surface area contributed by atoms with E-state index in [0.29, 0.717) is 18.2 Å². The third-order valence-corrected chi connectivity index (χ3v) is 5.95. The highest BCUT2D eigenvalue weighted by Gasteiger charge is 2.25. The van der Waals surface area contributed by atoms with E-state index in [9.17, 15) is 4.79 Å². The summed E-state index contributed by atoms with van der Waals surface area (Å²) >= 11 is 0. The number of piperidine rings is 1. The molecule has 152 valence electrons. The van der Waals surface area contributed by atoms with Crippen molar-refractivity contribution in [2.75, 3.05) is 18.8 Å². The zero-order valence-electron chi connectivity index (χ0n) is 17.7. The number of carbonyl (C=O) groups is 1. The number of carbonyl (C=O) groups excluding carboxylic acids is 1. The number of aryl methyl sites for hydroxylation is 2. The van der Waals surface area contributed by atoms with E-state index in [1.807, 2.05) is 29.5 Å². The van der Waals surface area contributed by atoms with Gasteiger partial charge in [0.05, 0.1) is 11.7 Å². The van der Waals surface area contributed by atoms with Crippen molar-refractivity contribution in [3.63, 3.8) is 0 Å². The first-order valence-electron chi connectivity index (χ1n) is 10.1. The van der Waals surface area contributed by atoms with Crippen molar-refractivity contribution in [1.29, 1.82) is 0 Å². The number of amides is 1. The lowest BCUT2D eigenvalue weighted by Gasteiger charge is -2.32. The maximum Gasteiger partial charge on any atom is 0.224 e. The van der Waals surface area contributed by atoms with Crippen molar-refractivity contribution in [2.45, 2.75) is 66.3 Å². The van der Waals surface area contributed by atoms with Crippen molar-refractivity contribution < 1.29 is 4.79 Å². The van der Waals surface area contributed by atoms with Crippen LogP contribution in [-0.2, 0) is 11.2 Å². The topological polar surface area (TPSA) is 89.9 Å². The molecule has 1 saturated heterocycles. The number of likely N-dealkylation sites (tertiary alicyclic amines) is 1. The number of nitrogens with two attached hydrogens (primary N) is 1. The molecule has 2 aromatic rings. The Labute approximate surface area is 167 Å². The minimum atomic E-state index is 0.0737. The lowest BCUT2D eigenvalue weighted by molar-refractivity contribution is -0.133. The van der Waals surface area contributed by atoms with Gasteiger partial charge in [-0.25, -0.2) is 9.97 Å².